The molecule has 0 aliphatic rings. The van der Waals surface area contributed by atoms with Gasteiger partial charge in [0.2, 0.25) is 10.9 Å². The number of rotatable bonds is 9. The number of carbonyl (C=O) groups is 1. The van der Waals surface area contributed by atoms with Crippen LogP contribution in [0.25, 0.3) is 0 Å². The first kappa shape index (κ1) is 15.6. The molecule has 0 unspecified atom stereocenters. The first-order valence-corrected chi connectivity index (χ1v) is 6.85. The van der Waals surface area contributed by atoms with Crippen LogP contribution < -0.4 is 4.72 Å². The van der Waals surface area contributed by atoms with Gasteiger partial charge in [-0.05, 0) is 12.1 Å². The van der Waals surface area contributed by atoms with E-state index in [4.69, 9.17) is 19.0 Å². The minimum absolute atomic E-state index is 0.0507. The van der Waals surface area contributed by atoms with Crippen LogP contribution in [0.1, 0.15) is 10.6 Å². The van der Waals surface area contributed by atoms with Crippen molar-refractivity contribution in [3.8, 4) is 0 Å². The van der Waals surface area contributed by atoms with E-state index in [2.05, 4.69) is 4.72 Å². The minimum Gasteiger partial charge on any atom is -0.475 e. The second-order valence-corrected chi connectivity index (χ2v) is 5.12. The zero-order valence-electron chi connectivity index (χ0n) is 10.3. The van der Waals surface area contributed by atoms with Crippen LogP contribution in [0.3, 0.4) is 0 Å². The van der Waals surface area contributed by atoms with E-state index >= 15 is 0 Å². The maximum absolute atomic E-state index is 11.7. The van der Waals surface area contributed by atoms with Crippen molar-refractivity contribution in [2.75, 3.05) is 33.5 Å². The van der Waals surface area contributed by atoms with Gasteiger partial charge >= 0.3 is 5.97 Å². The maximum atomic E-state index is 11.7. The maximum Gasteiger partial charge on any atom is 0.371 e. The molecule has 1 heterocycles. The van der Waals surface area contributed by atoms with E-state index in [1.54, 1.807) is 0 Å². The number of carboxylic acid groups (broad SMARTS) is 1. The Hall–Kier alpha value is -1.42. The first-order chi connectivity index (χ1) is 8.97. The highest BCUT2D eigenvalue weighted by atomic mass is 32.2. The molecular weight excluding hydrogens is 278 g/mol. The lowest BCUT2D eigenvalue weighted by molar-refractivity contribution is 0.0656. The third kappa shape index (κ3) is 4.99. The number of aromatic carboxylic acids is 1. The second-order valence-electron chi connectivity index (χ2n) is 3.43. The SMILES string of the molecule is COCCOCCNS(=O)(=O)c1ccc(C(=O)O)o1. The molecule has 0 aliphatic carbocycles. The number of nitrogens with one attached hydrogen (secondary N) is 1. The van der Waals surface area contributed by atoms with Gasteiger partial charge in [0, 0.05) is 13.7 Å². The van der Waals surface area contributed by atoms with E-state index in [0.717, 1.165) is 12.1 Å². The van der Waals surface area contributed by atoms with Crippen molar-refractivity contribution >= 4 is 16.0 Å². The fraction of sp³-hybridized carbons (Fsp3) is 0.500. The smallest absolute Gasteiger partial charge is 0.371 e. The third-order valence-electron chi connectivity index (χ3n) is 2.03. The summed E-state index contributed by atoms with van der Waals surface area (Å²) in [6, 6.07) is 2.16. The van der Waals surface area contributed by atoms with Crippen molar-refractivity contribution in [2.45, 2.75) is 5.09 Å². The Labute approximate surface area is 110 Å². The van der Waals surface area contributed by atoms with Crippen LogP contribution in [-0.4, -0.2) is 53.0 Å². The zero-order valence-corrected chi connectivity index (χ0v) is 11.1. The Morgan fingerprint density at radius 2 is 2.11 bits per heavy atom. The summed E-state index contributed by atoms with van der Waals surface area (Å²) in [6.45, 7) is 1.01. The molecule has 0 atom stereocenters. The summed E-state index contributed by atoms with van der Waals surface area (Å²) < 4.78 is 40.1. The number of ether oxygens (including phenoxy) is 2. The topological polar surface area (TPSA) is 115 Å². The van der Waals surface area contributed by atoms with Crippen molar-refractivity contribution in [2.24, 2.45) is 0 Å². The highest BCUT2D eigenvalue weighted by Crippen LogP contribution is 2.13. The number of furan rings is 1. The Morgan fingerprint density at radius 1 is 1.37 bits per heavy atom. The van der Waals surface area contributed by atoms with Crippen LogP contribution in [0, 0.1) is 0 Å². The van der Waals surface area contributed by atoms with Gasteiger partial charge in [0.05, 0.1) is 19.8 Å². The molecule has 108 valence electrons. The van der Waals surface area contributed by atoms with Gasteiger partial charge < -0.3 is 19.0 Å². The number of sulfonamides is 1. The molecule has 2 N–H and O–H groups in total. The molecule has 0 saturated heterocycles. The number of hydrogen-bond acceptors (Lipinski definition) is 6. The van der Waals surface area contributed by atoms with Crippen LogP contribution in [0.15, 0.2) is 21.6 Å². The van der Waals surface area contributed by atoms with Gasteiger partial charge in [-0.2, -0.15) is 0 Å². The predicted octanol–water partition coefficient (Wildman–Crippen LogP) is -0.0809. The quantitative estimate of drug-likeness (QED) is 0.612. The van der Waals surface area contributed by atoms with E-state index < -0.39 is 26.8 Å². The van der Waals surface area contributed by atoms with Crippen molar-refractivity contribution < 1.29 is 32.2 Å². The fourth-order valence-electron chi connectivity index (χ4n) is 1.14. The van der Waals surface area contributed by atoms with Crippen LogP contribution in [0.2, 0.25) is 0 Å². The molecule has 0 spiro atoms. The minimum atomic E-state index is -3.86. The van der Waals surface area contributed by atoms with Crippen molar-refractivity contribution in [1.82, 2.24) is 4.72 Å². The molecule has 0 aliphatic heterocycles. The predicted molar refractivity (Wildman–Crippen MR) is 63.6 cm³/mol. The second kappa shape index (κ2) is 7.24. The molecular formula is C10H15NO7S. The molecule has 0 aromatic carbocycles. The van der Waals surface area contributed by atoms with Crippen molar-refractivity contribution in [3.05, 3.63) is 17.9 Å². The standard InChI is InChI=1S/C10H15NO7S/c1-16-6-7-17-5-4-11-19(14,15)9-3-2-8(18-9)10(12)13/h2-3,11H,4-7H2,1H3,(H,12,13). The summed E-state index contributed by atoms with van der Waals surface area (Å²) in [7, 11) is -2.33. The highest BCUT2D eigenvalue weighted by Gasteiger charge is 2.20. The zero-order chi connectivity index (χ0) is 14.3. The lowest BCUT2D eigenvalue weighted by atomic mass is 10.5. The number of hydrogen-bond donors (Lipinski definition) is 2. The fourth-order valence-corrected chi connectivity index (χ4v) is 2.08. The van der Waals surface area contributed by atoms with Gasteiger partial charge in [-0.15, -0.1) is 0 Å². The number of carboxylic acids is 1. The number of methoxy groups -OCH3 is 1. The molecule has 0 saturated carbocycles. The normalized spacial score (nSPS) is 11.6. The highest BCUT2D eigenvalue weighted by molar-refractivity contribution is 7.89. The van der Waals surface area contributed by atoms with Gasteiger partial charge in [0.15, 0.2) is 0 Å². The monoisotopic (exact) mass is 293 g/mol. The summed E-state index contributed by atoms with van der Waals surface area (Å²) >= 11 is 0. The molecule has 0 fully saturated rings. The molecule has 1 aromatic rings. The summed E-state index contributed by atoms with van der Waals surface area (Å²) in [5.41, 5.74) is 0. The average molecular weight is 293 g/mol. The Morgan fingerprint density at radius 3 is 2.68 bits per heavy atom. The summed E-state index contributed by atoms with van der Waals surface area (Å²) in [5.74, 6) is -1.76. The van der Waals surface area contributed by atoms with Gasteiger partial charge in [0.1, 0.15) is 0 Å². The van der Waals surface area contributed by atoms with E-state index in [-0.39, 0.29) is 13.2 Å². The van der Waals surface area contributed by atoms with Crippen LogP contribution in [-0.2, 0) is 19.5 Å². The molecule has 9 heteroatoms. The third-order valence-corrected chi connectivity index (χ3v) is 3.36. The van der Waals surface area contributed by atoms with Gasteiger partial charge in [0.25, 0.3) is 10.0 Å². The largest absolute Gasteiger partial charge is 0.475 e. The molecule has 0 amide bonds. The van der Waals surface area contributed by atoms with Crippen LogP contribution in [0.5, 0.6) is 0 Å². The molecule has 0 radical (unpaired) electrons. The molecule has 1 aromatic heterocycles. The molecule has 19 heavy (non-hydrogen) atoms. The molecule has 0 bridgehead atoms. The van der Waals surface area contributed by atoms with Gasteiger partial charge in [-0.1, -0.05) is 0 Å². The molecule has 8 nitrogen and oxygen atoms in total. The van der Waals surface area contributed by atoms with E-state index in [1.165, 1.54) is 7.11 Å². The lowest BCUT2D eigenvalue weighted by Crippen LogP contribution is -2.27. The molecule has 1 rings (SSSR count). The van der Waals surface area contributed by atoms with Crippen LogP contribution in [0.4, 0.5) is 0 Å². The lowest BCUT2D eigenvalue weighted by Gasteiger charge is -2.05. The summed E-state index contributed by atoms with van der Waals surface area (Å²) in [5, 5.41) is 8.18. The summed E-state index contributed by atoms with van der Waals surface area (Å²) in [4.78, 5) is 10.6. The average Bonchev–Trinajstić information content (AvgIpc) is 2.84. The Kier molecular flexibility index (Phi) is 5.96. The van der Waals surface area contributed by atoms with Gasteiger partial charge in [-0.3, -0.25) is 0 Å². The summed E-state index contributed by atoms with van der Waals surface area (Å²) in [6.07, 6.45) is 0. The van der Waals surface area contributed by atoms with Crippen molar-refractivity contribution in [1.29, 1.82) is 0 Å². The first-order valence-electron chi connectivity index (χ1n) is 5.37. The van der Waals surface area contributed by atoms with E-state index in [0.29, 0.717) is 13.2 Å². The van der Waals surface area contributed by atoms with Gasteiger partial charge in [-0.25, -0.2) is 17.9 Å². The Bertz CT molecular complexity index is 508. The van der Waals surface area contributed by atoms with Crippen molar-refractivity contribution in [3.63, 3.8) is 0 Å². The van der Waals surface area contributed by atoms with E-state index in [1.807, 2.05) is 0 Å². The van der Waals surface area contributed by atoms with Crippen LogP contribution >= 0.6 is 0 Å². The Balaban J connectivity index is 2.44. The van der Waals surface area contributed by atoms with E-state index in [9.17, 15) is 13.2 Å².